The number of ether oxygens (including phenoxy) is 1. The van der Waals surface area contributed by atoms with Crippen molar-refractivity contribution in [3.05, 3.63) is 64.1 Å². The first-order chi connectivity index (χ1) is 12.0. The molecule has 6 heteroatoms. The molecular formula is C19H14BrNO4. The number of hydrogen-bond acceptors (Lipinski definition) is 4. The SMILES string of the molecule is O=C(C[C@@H]1O[C@@]2(CC1=O)C(=O)Nc1cccc(Br)c12)c1ccccc1. The lowest BCUT2D eigenvalue weighted by Gasteiger charge is -2.22. The highest BCUT2D eigenvalue weighted by molar-refractivity contribution is 9.10. The Morgan fingerprint density at radius 3 is 2.68 bits per heavy atom. The van der Waals surface area contributed by atoms with Crippen LogP contribution in [0.4, 0.5) is 5.69 Å². The van der Waals surface area contributed by atoms with Gasteiger partial charge in [0, 0.05) is 27.7 Å². The first-order valence-electron chi connectivity index (χ1n) is 7.90. The fourth-order valence-electron chi connectivity index (χ4n) is 3.43. The van der Waals surface area contributed by atoms with E-state index in [-0.39, 0.29) is 30.3 Å². The standard InChI is InChI=1S/C19H14BrNO4/c20-12-7-4-8-13-17(12)19(18(24)21-13)10-15(23)16(25-19)9-14(22)11-5-2-1-3-6-11/h1-8,16H,9-10H2,(H,21,24)/t16-,19+/m0/s1. The number of nitrogens with one attached hydrogen (secondary N) is 1. The topological polar surface area (TPSA) is 72.5 Å². The number of carbonyl (C=O) groups is 3. The second kappa shape index (κ2) is 5.89. The van der Waals surface area contributed by atoms with E-state index >= 15 is 0 Å². The predicted molar refractivity (Wildman–Crippen MR) is 94.3 cm³/mol. The Bertz CT molecular complexity index is 896. The number of Topliss-reactive ketones (excluding diaryl/α,β-unsaturated/α-hetero) is 2. The molecule has 1 saturated heterocycles. The molecule has 0 radical (unpaired) electrons. The quantitative estimate of drug-likeness (QED) is 0.804. The van der Waals surface area contributed by atoms with Crippen molar-refractivity contribution in [1.29, 1.82) is 0 Å². The minimum absolute atomic E-state index is 0.0683. The van der Waals surface area contributed by atoms with Crippen molar-refractivity contribution in [2.45, 2.75) is 24.5 Å². The van der Waals surface area contributed by atoms with Crippen LogP contribution in [0.3, 0.4) is 0 Å². The van der Waals surface area contributed by atoms with Gasteiger partial charge in [-0.15, -0.1) is 0 Å². The van der Waals surface area contributed by atoms with Gasteiger partial charge in [0.1, 0.15) is 6.10 Å². The third-order valence-corrected chi connectivity index (χ3v) is 5.29. The van der Waals surface area contributed by atoms with Crippen LogP contribution in [0.25, 0.3) is 0 Å². The summed E-state index contributed by atoms with van der Waals surface area (Å²) in [6.45, 7) is 0. The number of halogens is 1. The summed E-state index contributed by atoms with van der Waals surface area (Å²) in [5, 5.41) is 2.77. The summed E-state index contributed by atoms with van der Waals surface area (Å²) < 4.78 is 6.62. The highest BCUT2D eigenvalue weighted by Crippen LogP contribution is 2.49. The van der Waals surface area contributed by atoms with Crippen LogP contribution in [0, 0.1) is 0 Å². The molecule has 1 spiro atoms. The van der Waals surface area contributed by atoms with E-state index in [4.69, 9.17) is 4.74 Å². The maximum atomic E-state index is 12.6. The molecule has 1 fully saturated rings. The number of fused-ring (bicyclic) bond motifs is 2. The second-order valence-corrected chi connectivity index (χ2v) is 7.04. The van der Waals surface area contributed by atoms with Crippen LogP contribution in [0.15, 0.2) is 53.0 Å². The lowest BCUT2D eigenvalue weighted by molar-refractivity contribution is -0.140. The number of carbonyl (C=O) groups excluding carboxylic acids is 3. The van der Waals surface area contributed by atoms with Crippen LogP contribution in [0.2, 0.25) is 0 Å². The van der Waals surface area contributed by atoms with E-state index in [1.807, 2.05) is 6.07 Å². The van der Waals surface area contributed by atoms with Gasteiger partial charge >= 0.3 is 0 Å². The Hall–Kier alpha value is -2.31. The average Bonchev–Trinajstić information content (AvgIpc) is 3.06. The highest BCUT2D eigenvalue weighted by Gasteiger charge is 2.57. The maximum Gasteiger partial charge on any atom is 0.261 e. The Balaban J connectivity index is 1.63. The molecule has 0 bridgehead atoms. The molecule has 0 aromatic heterocycles. The molecule has 0 saturated carbocycles. The Morgan fingerprint density at radius 1 is 1.16 bits per heavy atom. The molecule has 2 aliphatic heterocycles. The van der Waals surface area contributed by atoms with Crippen LogP contribution in [-0.2, 0) is 19.9 Å². The number of ketones is 2. The van der Waals surface area contributed by atoms with Crippen LogP contribution < -0.4 is 5.32 Å². The van der Waals surface area contributed by atoms with Gasteiger partial charge in [-0.1, -0.05) is 52.3 Å². The molecule has 1 amide bonds. The van der Waals surface area contributed by atoms with Crippen LogP contribution >= 0.6 is 15.9 Å². The van der Waals surface area contributed by atoms with Crippen LogP contribution in [0.1, 0.15) is 28.8 Å². The van der Waals surface area contributed by atoms with Crippen molar-refractivity contribution >= 4 is 39.1 Å². The summed E-state index contributed by atoms with van der Waals surface area (Å²) in [7, 11) is 0. The van der Waals surface area contributed by atoms with Crippen molar-refractivity contribution in [3.63, 3.8) is 0 Å². The zero-order valence-electron chi connectivity index (χ0n) is 13.1. The van der Waals surface area contributed by atoms with Gasteiger partial charge in [-0.25, -0.2) is 0 Å². The van der Waals surface area contributed by atoms with Crippen molar-refractivity contribution in [2.75, 3.05) is 5.32 Å². The summed E-state index contributed by atoms with van der Waals surface area (Å²) in [6.07, 6.45) is -1.06. The minimum atomic E-state index is -1.35. The number of anilines is 1. The van der Waals surface area contributed by atoms with E-state index in [0.717, 1.165) is 0 Å². The molecule has 0 unspecified atom stereocenters. The van der Waals surface area contributed by atoms with E-state index in [1.165, 1.54) is 0 Å². The van der Waals surface area contributed by atoms with Gasteiger partial charge in [-0.2, -0.15) is 0 Å². The first-order valence-corrected chi connectivity index (χ1v) is 8.70. The van der Waals surface area contributed by atoms with Crippen LogP contribution in [0.5, 0.6) is 0 Å². The number of hydrogen-bond donors (Lipinski definition) is 1. The van der Waals surface area contributed by atoms with E-state index in [9.17, 15) is 14.4 Å². The van der Waals surface area contributed by atoms with Crippen molar-refractivity contribution in [1.82, 2.24) is 0 Å². The Kier molecular flexibility index (Phi) is 3.81. The molecule has 5 nitrogen and oxygen atoms in total. The summed E-state index contributed by atoms with van der Waals surface area (Å²) in [5.41, 5.74) is 0.427. The van der Waals surface area contributed by atoms with E-state index in [2.05, 4.69) is 21.2 Å². The third kappa shape index (κ3) is 2.53. The summed E-state index contributed by atoms with van der Waals surface area (Å²) in [6, 6.07) is 14.1. The Morgan fingerprint density at radius 2 is 1.92 bits per heavy atom. The van der Waals surface area contributed by atoms with Gasteiger partial charge in [0.25, 0.3) is 5.91 Å². The smallest absolute Gasteiger partial charge is 0.261 e. The van der Waals surface area contributed by atoms with E-state index in [0.29, 0.717) is 21.3 Å². The average molecular weight is 400 g/mol. The van der Waals surface area contributed by atoms with Gasteiger partial charge in [-0.05, 0) is 12.1 Å². The highest BCUT2D eigenvalue weighted by atomic mass is 79.9. The lowest BCUT2D eigenvalue weighted by atomic mass is 9.91. The maximum absolute atomic E-state index is 12.6. The Labute approximate surface area is 152 Å². The van der Waals surface area contributed by atoms with Gasteiger partial charge in [0.15, 0.2) is 17.2 Å². The summed E-state index contributed by atoms with van der Waals surface area (Å²) >= 11 is 3.44. The van der Waals surface area contributed by atoms with Crippen molar-refractivity contribution < 1.29 is 19.1 Å². The van der Waals surface area contributed by atoms with Gasteiger partial charge in [0.05, 0.1) is 6.42 Å². The van der Waals surface area contributed by atoms with Crippen molar-refractivity contribution in [2.24, 2.45) is 0 Å². The molecule has 1 N–H and O–H groups in total. The van der Waals surface area contributed by atoms with E-state index in [1.54, 1.807) is 42.5 Å². The van der Waals surface area contributed by atoms with E-state index < -0.39 is 11.7 Å². The minimum Gasteiger partial charge on any atom is -0.348 e. The zero-order valence-corrected chi connectivity index (χ0v) is 14.7. The number of benzene rings is 2. The molecule has 25 heavy (non-hydrogen) atoms. The second-order valence-electron chi connectivity index (χ2n) is 6.19. The van der Waals surface area contributed by atoms with Gasteiger partial charge in [-0.3, -0.25) is 14.4 Å². The van der Waals surface area contributed by atoms with Gasteiger partial charge in [0.2, 0.25) is 0 Å². The van der Waals surface area contributed by atoms with Crippen molar-refractivity contribution in [3.8, 4) is 0 Å². The molecule has 2 heterocycles. The zero-order chi connectivity index (χ0) is 17.6. The van der Waals surface area contributed by atoms with Gasteiger partial charge < -0.3 is 10.1 Å². The molecule has 2 aliphatic rings. The predicted octanol–water partition coefficient (Wildman–Crippen LogP) is 3.23. The normalized spacial score (nSPS) is 24.4. The fraction of sp³-hybridized carbons (Fsp3) is 0.211. The number of amides is 1. The molecule has 126 valence electrons. The molecule has 0 aliphatic carbocycles. The summed E-state index contributed by atoms with van der Waals surface area (Å²) in [4.78, 5) is 37.5. The molecule has 4 rings (SSSR count). The molecule has 2 aromatic rings. The number of rotatable bonds is 3. The third-order valence-electron chi connectivity index (χ3n) is 4.62. The molecular weight excluding hydrogens is 386 g/mol. The summed E-state index contributed by atoms with van der Waals surface area (Å²) in [5.74, 6) is -0.776. The monoisotopic (exact) mass is 399 g/mol. The lowest BCUT2D eigenvalue weighted by Crippen LogP contribution is -2.35. The van der Waals surface area contributed by atoms with Crippen LogP contribution in [-0.4, -0.2) is 23.6 Å². The largest absolute Gasteiger partial charge is 0.348 e. The molecule has 2 atom stereocenters. The fourth-order valence-corrected chi connectivity index (χ4v) is 4.12. The first kappa shape index (κ1) is 16.2. The molecule has 2 aromatic carbocycles.